The minimum atomic E-state index is 0.535. The van der Waals surface area contributed by atoms with E-state index in [2.05, 4.69) is 28.4 Å². The Morgan fingerprint density at radius 3 is 2.58 bits per heavy atom. The van der Waals surface area contributed by atoms with E-state index in [0.29, 0.717) is 12.0 Å². The summed E-state index contributed by atoms with van der Waals surface area (Å²) in [5.41, 5.74) is 2.13. The predicted octanol–water partition coefficient (Wildman–Crippen LogP) is 2.30. The first-order chi connectivity index (χ1) is 9.33. The van der Waals surface area contributed by atoms with Crippen molar-refractivity contribution in [1.82, 2.24) is 10.2 Å². The molecule has 2 unspecified atom stereocenters. The quantitative estimate of drug-likeness (QED) is 0.897. The van der Waals surface area contributed by atoms with Crippen LogP contribution in [0.15, 0.2) is 24.3 Å². The summed E-state index contributed by atoms with van der Waals surface area (Å²) in [5.74, 6) is 0.693. The molecule has 0 radical (unpaired) electrons. The van der Waals surface area contributed by atoms with Crippen LogP contribution in [-0.2, 0) is 0 Å². The van der Waals surface area contributed by atoms with Crippen LogP contribution in [0.25, 0.3) is 0 Å². The van der Waals surface area contributed by atoms with Crippen molar-refractivity contribution in [3.8, 4) is 6.07 Å². The van der Waals surface area contributed by atoms with E-state index >= 15 is 0 Å². The Bertz CT molecular complexity index is 470. The first kappa shape index (κ1) is 12.7. The lowest BCUT2D eigenvalue weighted by Gasteiger charge is -2.28. The van der Waals surface area contributed by atoms with Crippen molar-refractivity contribution < 1.29 is 0 Å². The maximum Gasteiger partial charge on any atom is 0.0991 e. The summed E-state index contributed by atoms with van der Waals surface area (Å²) in [7, 11) is 2.04. The van der Waals surface area contributed by atoms with Crippen LogP contribution in [-0.4, -0.2) is 31.1 Å². The number of nitriles is 1. The summed E-state index contributed by atoms with van der Waals surface area (Å²) >= 11 is 0. The molecule has 1 saturated carbocycles. The van der Waals surface area contributed by atoms with Crippen LogP contribution in [0.1, 0.15) is 36.4 Å². The second kappa shape index (κ2) is 5.32. The molecule has 1 aromatic rings. The maximum absolute atomic E-state index is 8.91. The Morgan fingerprint density at radius 2 is 2.00 bits per heavy atom. The average molecular weight is 255 g/mol. The first-order valence-electron chi connectivity index (χ1n) is 7.24. The van der Waals surface area contributed by atoms with Gasteiger partial charge < -0.3 is 5.32 Å². The van der Waals surface area contributed by atoms with E-state index in [1.165, 1.54) is 31.4 Å². The summed E-state index contributed by atoms with van der Waals surface area (Å²) in [5, 5.41) is 12.2. The van der Waals surface area contributed by atoms with Crippen LogP contribution in [0.2, 0.25) is 0 Å². The van der Waals surface area contributed by atoms with Crippen molar-refractivity contribution in [2.75, 3.05) is 20.1 Å². The number of benzene rings is 1. The minimum absolute atomic E-state index is 0.535. The largest absolute Gasteiger partial charge is 0.319 e. The van der Waals surface area contributed by atoms with Crippen LogP contribution in [0.5, 0.6) is 0 Å². The fourth-order valence-electron chi connectivity index (χ4n) is 3.39. The van der Waals surface area contributed by atoms with Gasteiger partial charge in [0.1, 0.15) is 0 Å². The van der Waals surface area contributed by atoms with Gasteiger partial charge in [-0.15, -0.1) is 0 Å². The summed E-state index contributed by atoms with van der Waals surface area (Å²) in [6, 6.07) is 11.7. The Labute approximate surface area is 115 Å². The molecule has 19 heavy (non-hydrogen) atoms. The first-order valence-corrected chi connectivity index (χ1v) is 7.24. The monoisotopic (exact) mass is 255 g/mol. The Hall–Kier alpha value is -1.37. The maximum atomic E-state index is 8.91. The molecule has 1 saturated heterocycles. The van der Waals surface area contributed by atoms with E-state index in [1.54, 1.807) is 0 Å². The topological polar surface area (TPSA) is 39.1 Å². The van der Waals surface area contributed by atoms with Gasteiger partial charge in [0.2, 0.25) is 0 Å². The number of rotatable bonds is 4. The highest BCUT2D eigenvalue weighted by Crippen LogP contribution is 2.43. The van der Waals surface area contributed by atoms with Gasteiger partial charge in [0.05, 0.1) is 11.6 Å². The molecule has 0 spiro atoms. The zero-order chi connectivity index (χ0) is 13.2. The van der Waals surface area contributed by atoms with Crippen molar-refractivity contribution in [3.05, 3.63) is 35.4 Å². The number of hydrogen-bond donors (Lipinski definition) is 1. The van der Waals surface area contributed by atoms with E-state index in [9.17, 15) is 0 Å². The molecular weight excluding hydrogens is 234 g/mol. The summed E-state index contributed by atoms with van der Waals surface area (Å²) in [6.07, 6.45) is 4.00. The Balaban J connectivity index is 1.85. The summed E-state index contributed by atoms with van der Waals surface area (Å²) in [4.78, 5) is 2.68. The Morgan fingerprint density at radius 1 is 1.26 bits per heavy atom. The van der Waals surface area contributed by atoms with Crippen molar-refractivity contribution in [2.45, 2.75) is 31.3 Å². The van der Waals surface area contributed by atoms with Crippen LogP contribution in [0.3, 0.4) is 0 Å². The third kappa shape index (κ3) is 2.51. The second-order valence-corrected chi connectivity index (χ2v) is 5.75. The number of nitrogens with one attached hydrogen (secondary N) is 1. The van der Waals surface area contributed by atoms with E-state index in [0.717, 1.165) is 18.2 Å². The SMILES string of the molecule is CNCC1CCN(C2CC2)C1c1ccc(C#N)cc1. The molecule has 2 fully saturated rings. The molecule has 1 aliphatic carbocycles. The predicted molar refractivity (Wildman–Crippen MR) is 75.7 cm³/mol. The van der Waals surface area contributed by atoms with Gasteiger partial charge in [-0.1, -0.05) is 12.1 Å². The van der Waals surface area contributed by atoms with Crippen LogP contribution in [0, 0.1) is 17.2 Å². The second-order valence-electron chi connectivity index (χ2n) is 5.75. The molecular formula is C16H21N3. The van der Waals surface area contributed by atoms with Crippen molar-refractivity contribution in [2.24, 2.45) is 5.92 Å². The molecule has 1 aliphatic heterocycles. The number of likely N-dealkylation sites (tertiary alicyclic amines) is 1. The molecule has 1 aromatic carbocycles. The smallest absolute Gasteiger partial charge is 0.0991 e. The minimum Gasteiger partial charge on any atom is -0.319 e. The van der Waals surface area contributed by atoms with Crippen molar-refractivity contribution in [1.29, 1.82) is 5.26 Å². The van der Waals surface area contributed by atoms with E-state index in [1.807, 2.05) is 19.2 Å². The molecule has 0 aromatic heterocycles. The van der Waals surface area contributed by atoms with Gasteiger partial charge in [-0.3, -0.25) is 4.90 Å². The lowest BCUT2D eigenvalue weighted by Crippen LogP contribution is -2.30. The van der Waals surface area contributed by atoms with Crippen molar-refractivity contribution >= 4 is 0 Å². The van der Waals surface area contributed by atoms with Gasteiger partial charge in [0.15, 0.2) is 0 Å². The van der Waals surface area contributed by atoms with Gasteiger partial charge in [0, 0.05) is 12.1 Å². The highest BCUT2D eigenvalue weighted by atomic mass is 15.2. The number of hydrogen-bond acceptors (Lipinski definition) is 3. The van der Waals surface area contributed by atoms with E-state index in [4.69, 9.17) is 5.26 Å². The molecule has 0 bridgehead atoms. The van der Waals surface area contributed by atoms with Crippen LogP contribution in [0.4, 0.5) is 0 Å². The van der Waals surface area contributed by atoms with Gasteiger partial charge in [-0.25, -0.2) is 0 Å². The highest BCUT2D eigenvalue weighted by Gasteiger charge is 2.42. The molecule has 0 amide bonds. The lowest BCUT2D eigenvalue weighted by atomic mass is 9.93. The summed E-state index contributed by atoms with van der Waals surface area (Å²) in [6.45, 7) is 2.30. The molecule has 1 heterocycles. The highest BCUT2D eigenvalue weighted by molar-refractivity contribution is 5.33. The zero-order valence-electron chi connectivity index (χ0n) is 11.5. The Kier molecular flexibility index (Phi) is 3.54. The fourth-order valence-corrected chi connectivity index (χ4v) is 3.39. The standard InChI is InChI=1S/C16H21N3/c1-18-11-14-8-9-19(15-6-7-15)16(14)13-4-2-12(10-17)3-5-13/h2-5,14-16,18H,6-9,11H2,1H3. The van der Waals surface area contributed by atoms with Gasteiger partial charge in [0.25, 0.3) is 0 Å². The van der Waals surface area contributed by atoms with Crippen LogP contribution < -0.4 is 5.32 Å². The average Bonchev–Trinajstić information content (AvgIpc) is 3.21. The molecule has 3 rings (SSSR count). The van der Waals surface area contributed by atoms with Gasteiger partial charge >= 0.3 is 0 Å². The molecule has 2 aliphatic rings. The molecule has 1 N–H and O–H groups in total. The molecule has 100 valence electrons. The third-order valence-electron chi connectivity index (χ3n) is 4.43. The van der Waals surface area contributed by atoms with Crippen molar-refractivity contribution in [3.63, 3.8) is 0 Å². The van der Waals surface area contributed by atoms with E-state index in [-0.39, 0.29) is 0 Å². The third-order valence-corrected chi connectivity index (χ3v) is 4.43. The van der Waals surface area contributed by atoms with E-state index < -0.39 is 0 Å². The molecule has 2 atom stereocenters. The van der Waals surface area contributed by atoms with Gasteiger partial charge in [-0.2, -0.15) is 5.26 Å². The zero-order valence-corrected chi connectivity index (χ0v) is 11.5. The van der Waals surface area contributed by atoms with Crippen LogP contribution >= 0.6 is 0 Å². The normalized spacial score (nSPS) is 27.4. The summed E-state index contributed by atoms with van der Waals surface area (Å²) < 4.78 is 0. The molecule has 3 heteroatoms. The number of nitrogens with zero attached hydrogens (tertiary/aromatic N) is 2. The fraction of sp³-hybridized carbons (Fsp3) is 0.562. The lowest BCUT2D eigenvalue weighted by molar-refractivity contribution is 0.217. The van der Waals surface area contributed by atoms with Gasteiger partial charge in [-0.05, 0) is 63.0 Å². The molecule has 3 nitrogen and oxygen atoms in total.